The number of anilines is 1. The van der Waals surface area contributed by atoms with E-state index in [1.807, 2.05) is 30.3 Å². The number of fused-ring (bicyclic) bond motifs is 1. The first-order valence-corrected chi connectivity index (χ1v) is 8.45. The van der Waals surface area contributed by atoms with E-state index in [9.17, 15) is 9.59 Å². The molecule has 25 heavy (non-hydrogen) atoms. The van der Waals surface area contributed by atoms with Gasteiger partial charge < -0.3 is 15.3 Å². The fourth-order valence-corrected chi connectivity index (χ4v) is 3.25. The van der Waals surface area contributed by atoms with E-state index in [2.05, 4.69) is 29.4 Å². The van der Waals surface area contributed by atoms with Gasteiger partial charge in [-0.05, 0) is 41.8 Å². The van der Waals surface area contributed by atoms with Crippen molar-refractivity contribution in [1.82, 2.24) is 4.90 Å². The number of benzene rings is 2. The number of carbonyl (C=O) groups is 2. The fourth-order valence-electron chi connectivity index (χ4n) is 3.25. The highest BCUT2D eigenvalue weighted by molar-refractivity contribution is 5.94. The Bertz CT molecular complexity index is 787. The lowest BCUT2D eigenvalue weighted by Gasteiger charge is -2.29. The third-order valence-corrected chi connectivity index (χ3v) is 4.53. The number of aliphatic carboxylic acids is 1. The van der Waals surface area contributed by atoms with E-state index < -0.39 is 5.97 Å². The van der Waals surface area contributed by atoms with E-state index in [4.69, 9.17) is 5.11 Å². The number of nitrogens with zero attached hydrogens (tertiary/aromatic N) is 1. The molecule has 0 aromatic heterocycles. The maximum Gasteiger partial charge on any atom is 0.303 e. The van der Waals surface area contributed by atoms with Crippen molar-refractivity contribution in [2.24, 2.45) is 0 Å². The van der Waals surface area contributed by atoms with Crippen LogP contribution in [-0.4, -0.2) is 35.5 Å². The number of likely N-dealkylation sites (N-methyl/N-ethyl adjacent to an activating group) is 1. The molecule has 1 amide bonds. The Morgan fingerprint density at radius 2 is 1.84 bits per heavy atom. The van der Waals surface area contributed by atoms with Crippen LogP contribution in [0.2, 0.25) is 0 Å². The number of nitrogens with one attached hydrogen (secondary N) is 1. The Labute approximate surface area is 147 Å². The van der Waals surface area contributed by atoms with Crippen LogP contribution in [0.3, 0.4) is 0 Å². The molecule has 2 aromatic rings. The molecule has 0 atom stereocenters. The van der Waals surface area contributed by atoms with Crippen LogP contribution >= 0.6 is 0 Å². The van der Waals surface area contributed by atoms with Gasteiger partial charge >= 0.3 is 5.97 Å². The molecule has 5 nitrogen and oxygen atoms in total. The predicted molar refractivity (Wildman–Crippen MR) is 97.4 cm³/mol. The summed E-state index contributed by atoms with van der Waals surface area (Å²) in [6.45, 7) is 1.74. The van der Waals surface area contributed by atoms with Gasteiger partial charge in [-0.15, -0.1) is 0 Å². The lowest BCUT2D eigenvalue weighted by Crippen LogP contribution is -2.28. The first-order chi connectivity index (χ1) is 12.0. The number of rotatable bonds is 5. The van der Waals surface area contributed by atoms with Crippen molar-refractivity contribution in [3.05, 3.63) is 53.6 Å². The summed E-state index contributed by atoms with van der Waals surface area (Å²) in [6.07, 6.45) is 0.755. The lowest BCUT2D eigenvalue weighted by atomic mass is 9.89. The van der Waals surface area contributed by atoms with Crippen molar-refractivity contribution >= 4 is 17.6 Å². The molecule has 0 spiro atoms. The monoisotopic (exact) mass is 338 g/mol. The number of carbonyl (C=O) groups excluding carboxylic acids is 1. The van der Waals surface area contributed by atoms with E-state index >= 15 is 0 Å². The fraction of sp³-hybridized carbons (Fsp3) is 0.300. The maximum atomic E-state index is 12.1. The largest absolute Gasteiger partial charge is 0.481 e. The summed E-state index contributed by atoms with van der Waals surface area (Å²) in [6, 6.07) is 14.2. The Morgan fingerprint density at radius 3 is 2.56 bits per heavy atom. The molecular weight excluding hydrogens is 316 g/mol. The standard InChI is InChI=1S/C20H22N2O3/c1-22-12-11-16-15(14-5-3-2-4-6-14)7-8-18(17(16)13-22)21-19(23)9-10-20(24)25/h2-8H,9-13H2,1H3,(H,21,23)(H,24,25). The number of hydrogen-bond acceptors (Lipinski definition) is 3. The average molecular weight is 338 g/mol. The summed E-state index contributed by atoms with van der Waals surface area (Å²) < 4.78 is 0. The van der Waals surface area contributed by atoms with E-state index in [1.54, 1.807) is 0 Å². The van der Waals surface area contributed by atoms with Gasteiger partial charge in [0.1, 0.15) is 0 Å². The Kier molecular flexibility index (Phi) is 5.14. The molecule has 0 bridgehead atoms. The average Bonchev–Trinajstić information content (AvgIpc) is 2.61. The number of amides is 1. The Balaban J connectivity index is 1.92. The van der Waals surface area contributed by atoms with Crippen LogP contribution in [0.4, 0.5) is 5.69 Å². The molecule has 1 aliphatic heterocycles. The summed E-state index contributed by atoms with van der Waals surface area (Å²) in [5.74, 6) is -1.22. The van der Waals surface area contributed by atoms with E-state index in [0.29, 0.717) is 0 Å². The van der Waals surface area contributed by atoms with Crippen molar-refractivity contribution in [2.45, 2.75) is 25.8 Å². The zero-order valence-corrected chi connectivity index (χ0v) is 14.3. The number of hydrogen-bond donors (Lipinski definition) is 2. The summed E-state index contributed by atoms with van der Waals surface area (Å²) in [5, 5.41) is 11.6. The molecule has 0 unspecified atom stereocenters. The summed E-state index contributed by atoms with van der Waals surface area (Å²) in [5.41, 5.74) is 5.55. The Hall–Kier alpha value is -2.66. The van der Waals surface area contributed by atoms with Crippen LogP contribution in [0.15, 0.2) is 42.5 Å². The van der Waals surface area contributed by atoms with E-state index in [1.165, 1.54) is 16.7 Å². The summed E-state index contributed by atoms with van der Waals surface area (Å²) >= 11 is 0. The molecule has 0 aliphatic carbocycles. The van der Waals surface area contributed by atoms with Gasteiger partial charge in [0, 0.05) is 25.2 Å². The second-order valence-electron chi connectivity index (χ2n) is 6.41. The van der Waals surface area contributed by atoms with E-state index in [0.717, 1.165) is 30.8 Å². The third kappa shape index (κ3) is 4.06. The van der Waals surface area contributed by atoms with Crippen molar-refractivity contribution in [2.75, 3.05) is 18.9 Å². The van der Waals surface area contributed by atoms with Gasteiger partial charge in [-0.3, -0.25) is 9.59 Å². The highest BCUT2D eigenvalue weighted by Gasteiger charge is 2.21. The van der Waals surface area contributed by atoms with Gasteiger partial charge in [0.15, 0.2) is 0 Å². The smallest absolute Gasteiger partial charge is 0.303 e. The van der Waals surface area contributed by atoms with Crippen LogP contribution in [0.1, 0.15) is 24.0 Å². The van der Waals surface area contributed by atoms with Crippen molar-refractivity contribution in [3.8, 4) is 11.1 Å². The highest BCUT2D eigenvalue weighted by atomic mass is 16.4. The molecule has 3 rings (SSSR count). The van der Waals surface area contributed by atoms with Crippen LogP contribution in [0.5, 0.6) is 0 Å². The molecule has 0 saturated heterocycles. The zero-order chi connectivity index (χ0) is 17.8. The molecule has 0 saturated carbocycles. The quantitative estimate of drug-likeness (QED) is 0.879. The molecule has 1 heterocycles. The summed E-state index contributed by atoms with van der Waals surface area (Å²) in [4.78, 5) is 24.9. The number of carboxylic acid groups (broad SMARTS) is 1. The SMILES string of the molecule is CN1CCc2c(-c3ccccc3)ccc(NC(=O)CCC(=O)O)c2C1. The van der Waals surface area contributed by atoms with Crippen LogP contribution in [0, 0.1) is 0 Å². The van der Waals surface area contributed by atoms with E-state index in [-0.39, 0.29) is 18.7 Å². The molecule has 0 radical (unpaired) electrons. The van der Waals surface area contributed by atoms with Crippen LogP contribution < -0.4 is 5.32 Å². The number of carboxylic acids is 1. The zero-order valence-electron chi connectivity index (χ0n) is 14.3. The first kappa shape index (κ1) is 17.2. The minimum absolute atomic E-state index is 0.0135. The van der Waals surface area contributed by atoms with Gasteiger partial charge in [-0.25, -0.2) is 0 Å². The molecule has 2 aromatic carbocycles. The lowest BCUT2D eigenvalue weighted by molar-refractivity contribution is -0.138. The Morgan fingerprint density at radius 1 is 1.08 bits per heavy atom. The maximum absolute atomic E-state index is 12.1. The van der Waals surface area contributed by atoms with Crippen molar-refractivity contribution < 1.29 is 14.7 Å². The molecule has 0 fully saturated rings. The predicted octanol–water partition coefficient (Wildman–Crippen LogP) is 3.14. The second kappa shape index (κ2) is 7.49. The van der Waals surface area contributed by atoms with Crippen LogP contribution in [0.25, 0.3) is 11.1 Å². The van der Waals surface area contributed by atoms with Gasteiger partial charge in [-0.2, -0.15) is 0 Å². The van der Waals surface area contributed by atoms with Crippen molar-refractivity contribution in [3.63, 3.8) is 0 Å². The van der Waals surface area contributed by atoms with Crippen molar-refractivity contribution in [1.29, 1.82) is 0 Å². The van der Waals surface area contributed by atoms with Gasteiger partial charge in [-0.1, -0.05) is 36.4 Å². The first-order valence-electron chi connectivity index (χ1n) is 8.45. The minimum atomic E-state index is -0.962. The van der Waals surface area contributed by atoms with Crippen LogP contribution in [-0.2, 0) is 22.6 Å². The normalized spacial score (nSPS) is 14.0. The molecule has 1 aliphatic rings. The molecule has 5 heteroatoms. The molecular formula is C20H22N2O3. The highest BCUT2D eigenvalue weighted by Crippen LogP contribution is 2.34. The minimum Gasteiger partial charge on any atom is -0.481 e. The third-order valence-electron chi connectivity index (χ3n) is 4.53. The molecule has 130 valence electrons. The topological polar surface area (TPSA) is 69.6 Å². The van der Waals surface area contributed by atoms with Gasteiger partial charge in [0.25, 0.3) is 0 Å². The summed E-state index contributed by atoms with van der Waals surface area (Å²) in [7, 11) is 2.06. The molecule has 2 N–H and O–H groups in total. The second-order valence-corrected chi connectivity index (χ2v) is 6.41. The van der Waals surface area contributed by atoms with Gasteiger partial charge in [0.05, 0.1) is 6.42 Å². The van der Waals surface area contributed by atoms with Gasteiger partial charge in [0.2, 0.25) is 5.91 Å².